The monoisotopic (exact) mass is 265 g/mol. The summed E-state index contributed by atoms with van der Waals surface area (Å²) in [6.07, 6.45) is 5.22. The maximum Gasteiger partial charge on any atom is 0.191 e. The van der Waals surface area contributed by atoms with Crippen LogP contribution in [-0.2, 0) is 11.2 Å². The number of rotatable bonds is 8. The molecule has 1 fully saturated rings. The van der Waals surface area contributed by atoms with E-state index < -0.39 is 0 Å². The Morgan fingerprint density at radius 2 is 2.26 bits per heavy atom. The van der Waals surface area contributed by atoms with Crippen molar-refractivity contribution in [2.75, 3.05) is 33.4 Å². The number of ether oxygens (including phenoxy) is 1. The first-order valence-electron chi connectivity index (χ1n) is 6.93. The molecule has 2 N–H and O–H groups in total. The van der Waals surface area contributed by atoms with E-state index in [1.165, 1.54) is 12.8 Å². The van der Waals surface area contributed by atoms with Gasteiger partial charge in [-0.3, -0.25) is 4.99 Å². The molecule has 0 radical (unpaired) electrons. The number of guanidine groups is 1. The molecule has 0 amide bonds. The fourth-order valence-corrected chi connectivity index (χ4v) is 1.76. The van der Waals surface area contributed by atoms with Gasteiger partial charge >= 0.3 is 0 Å². The lowest BCUT2D eigenvalue weighted by Crippen LogP contribution is -2.39. The van der Waals surface area contributed by atoms with Crippen LogP contribution in [0.15, 0.2) is 27.8 Å². The van der Waals surface area contributed by atoms with E-state index in [4.69, 9.17) is 9.15 Å². The van der Waals surface area contributed by atoms with Gasteiger partial charge in [0.05, 0.1) is 12.9 Å². The Bertz CT molecular complexity index is 372. The Morgan fingerprint density at radius 1 is 1.42 bits per heavy atom. The third-order valence-electron chi connectivity index (χ3n) is 3.06. The third-order valence-corrected chi connectivity index (χ3v) is 3.06. The van der Waals surface area contributed by atoms with E-state index >= 15 is 0 Å². The van der Waals surface area contributed by atoms with Crippen LogP contribution in [0.1, 0.15) is 18.6 Å². The van der Waals surface area contributed by atoms with Gasteiger partial charge in [-0.25, -0.2) is 0 Å². The van der Waals surface area contributed by atoms with Crippen molar-refractivity contribution >= 4 is 5.96 Å². The summed E-state index contributed by atoms with van der Waals surface area (Å²) in [6, 6.07) is 3.88. The normalized spacial score (nSPS) is 15.5. The predicted octanol–water partition coefficient (Wildman–Crippen LogP) is 1.41. The second kappa shape index (κ2) is 7.84. The molecule has 0 aromatic carbocycles. The fourth-order valence-electron chi connectivity index (χ4n) is 1.76. The van der Waals surface area contributed by atoms with Gasteiger partial charge in [-0.05, 0) is 30.9 Å². The van der Waals surface area contributed by atoms with E-state index in [-0.39, 0.29) is 0 Å². The predicted molar refractivity (Wildman–Crippen MR) is 75.3 cm³/mol. The smallest absolute Gasteiger partial charge is 0.191 e. The standard InChI is InChI=1S/C14H23N3O2/c1-15-14(16-7-6-13-3-2-9-19-13)17-8-10-18-11-12-4-5-12/h2-3,9,12H,4-8,10-11H2,1H3,(H2,15,16,17). The SMILES string of the molecule is CN=C(NCCOCC1CC1)NCCc1ccco1. The van der Waals surface area contributed by atoms with Crippen molar-refractivity contribution in [2.45, 2.75) is 19.3 Å². The highest BCUT2D eigenvalue weighted by molar-refractivity contribution is 5.79. The van der Waals surface area contributed by atoms with Crippen molar-refractivity contribution < 1.29 is 9.15 Å². The van der Waals surface area contributed by atoms with Gasteiger partial charge < -0.3 is 19.8 Å². The topological polar surface area (TPSA) is 58.8 Å². The largest absolute Gasteiger partial charge is 0.469 e. The van der Waals surface area contributed by atoms with Crippen LogP contribution in [0.5, 0.6) is 0 Å². The van der Waals surface area contributed by atoms with Gasteiger partial charge in [0.15, 0.2) is 5.96 Å². The second-order valence-corrected chi connectivity index (χ2v) is 4.77. The molecule has 0 aliphatic heterocycles. The second-order valence-electron chi connectivity index (χ2n) is 4.77. The maximum absolute atomic E-state index is 5.56. The number of nitrogens with one attached hydrogen (secondary N) is 2. The van der Waals surface area contributed by atoms with Crippen LogP contribution < -0.4 is 10.6 Å². The van der Waals surface area contributed by atoms with Crippen molar-refractivity contribution in [3.8, 4) is 0 Å². The van der Waals surface area contributed by atoms with E-state index in [1.807, 2.05) is 12.1 Å². The average molecular weight is 265 g/mol. The van der Waals surface area contributed by atoms with Crippen molar-refractivity contribution in [1.29, 1.82) is 0 Å². The average Bonchev–Trinajstić information content (AvgIpc) is 3.10. The highest BCUT2D eigenvalue weighted by Gasteiger charge is 2.20. The first-order valence-corrected chi connectivity index (χ1v) is 6.93. The minimum absolute atomic E-state index is 0.732. The quantitative estimate of drug-likeness (QED) is 0.424. The third kappa shape index (κ3) is 5.79. The molecule has 0 spiro atoms. The molecule has 5 heteroatoms. The van der Waals surface area contributed by atoms with Gasteiger partial charge in [-0.2, -0.15) is 0 Å². The lowest BCUT2D eigenvalue weighted by Gasteiger charge is -2.11. The zero-order chi connectivity index (χ0) is 13.3. The zero-order valence-corrected chi connectivity index (χ0v) is 11.5. The van der Waals surface area contributed by atoms with E-state index in [1.54, 1.807) is 13.3 Å². The van der Waals surface area contributed by atoms with E-state index in [0.717, 1.165) is 50.4 Å². The number of hydrogen-bond donors (Lipinski definition) is 2. The summed E-state index contributed by atoms with van der Waals surface area (Å²) in [5, 5.41) is 6.47. The van der Waals surface area contributed by atoms with E-state index in [9.17, 15) is 0 Å². The molecule has 1 aromatic heterocycles. The summed E-state index contributed by atoms with van der Waals surface area (Å²) in [7, 11) is 1.77. The Hall–Kier alpha value is -1.49. The van der Waals surface area contributed by atoms with Crippen LogP contribution >= 0.6 is 0 Å². The van der Waals surface area contributed by atoms with Crippen molar-refractivity contribution in [2.24, 2.45) is 10.9 Å². The summed E-state index contributed by atoms with van der Waals surface area (Å²) >= 11 is 0. The Labute approximate surface area is 114 Å². The molecule has 1 saturated carbocycles. The van der Waals surface area contributed by atoms with Crippen LogP contribution in [-0.4, -0.2) is 39.3 Å². The first-order chi connectivity index (χ1) is 9.38. The van der Waals surface area contributed by atoms with Crippen LogP contribution in [0.3, 0.4) is 0 Å². The molecule has 19 heavy (non-hydrogen) atoms. The molecular weight excluding hydrogens is 242 g/mol. The minimum Gasteiger partial charge on any atom is -0.469 e. The van der Waals surface area contributed by atoms with Crippen LogP contribution in [0.2, 0.25) is 0 Å². The van der Waals surface area contributed by atoms with E-state index in [2.05, 4.69) is 15.6 Å². The molecule has 0 bridgehead atoms. The van der Waals surface area contributed by atoms with Gasteiger partial charge in [0.1, 0.15) is 5.76 Å². The fraction of sp³-hybridized carbons (Fsp3) is 0.643. The summed E-state index contributed by atoms with van der Waals surface area (Å²) < 4.78 is 10.8. The molecule has 0 unspecified atom stereocenters. The highest BCUT2D eigenvalue weighted by Crippen LogP contribution is 2.28. The first kappa shape index (κ1) is 13.9. The molecule has 1 aromatic rings. The number of aliphatic imine (C=N–C) groups is 1. The molecule has 2 rings (SSSR count). The maximum atomic E-state index is 5.56. The number of nitrogens with zero attached hydrogens (tertiary/aromatic N) is 1. The van der Waals surface area contributed by atoms with Crippen molar-refractivity contribution in [3.63, 3.8) is 0 Å². The number of furan rings is 1. The van der Waals surface area contributed by atoms with Gasteiger partial charge in [0, 0.05) is 33.2 Å². The zero-order valence-electron chi connectivity index (χ0n) is 11.5. The van der Waals surface area contributed by atoms with Crippen LogP contribution in [0.25, 0.3) is 0 Å². The summed E-state index contributed by atoms with van der Waals surface area (Å²) in [6.45, 7) is 3.23. The molecule has 5 nitrogen and oxygen atoms in total. The van der Waals surface area contributed by atoms with E-state index in [0.29, 0.717) is 0 Å². The summed E-state index contributed by atoms with van der Waals surface area (Å²) in [5.41, 5.74) is 0. The molecule has 0 atom stereocenters. The van der Waals surface area contributed by atoms with Crippen LogP contribution in [0.4, 0.5) is 0 Å². The molecule has 1 heterocycles. The highest BCUT2D eigenvalue weighted by atomic mass is 16.5. The Kier molecular flexibility index (Phi) is 5.75. The molecule has 1 aliphatic rings. The number of hydrogen-bond acceptors (Lipinski definition) is 3. The summed E-state index contributed by atoms with van der Waals surface area (Å²) in [4.78, 5) is 4.16. The van der Waals surface area contributed by atoms with Gasteiger partial charge in [0.25, 0.3) is 0 Å². The lowest BCUT2D eigenvalue weighted by atomic mass is 10.3. The molecule has 106 valence electrons. The Morgan fingerprint density at radius 3 is 2.95 bits per heavy atom. The van der Waals surface area contributed by atoms with Crippen molar-refractivity contribution in [1.82, 2.24) is 10.6 Å². The molecular formula is C14H23N3O2. The summed E-state index contributed by atoms with van der Waals surface area (Å²) in [5.74, 6) is 2.61. The minimum atomic E-state index is 0.732. The molecule has 0 saturated heterocycles. The van der Waals surface area contributed by atoms with Gasteiger partial charge in [0.2, 0.25) is 0 Å². The van der Waals surface area contributed by atoms with Gasteiger partial charge in [-0.1, -0.05) is 0 Å². The van der Waals surface area contributed by atoms with Crippen molar-refractivity contribution in [3.05, 3.63) is 24.2 Å². The molecule has 1 aliphatic carbocycles. The lowest BCUT2D eigenvalue weighted by molar-refractivity contribution is 0.129. The van der Waals surface area contributed by atoms with Gasteiger partial charge in [-0.15, -0.1) is 0 Å². The van der Waals surface area contributed by atoms with Crippen LogP contribution in [0, 0.1) is 5.92 Å². The Balaban J connectivity index is 1.50.